The van der Waals surface area contributed by atoms with E-state index in [-0.39, 0.29) is 24.0 Å². The minimum absolute atomic E-state index is 0.0820. The largest absolute Gasteiger partial charge is 0.480 e. The zero-order valence-electron chi connectivity index (χ0n) is 14.0. The summed E-state index contributed by atoms with van der Waals surface area (Å²) in [6.45, 7) is 1.99. The lowest BCUT2D eigenvalue weighted by Crippen LogP contribution is -2.40. The molecule has 0 aromatic rings. The van der Waals surface area contributed by atoms with Crippen LogP contribution in [0.3, 0.4) is 0 Å². The Hall–Kier alpha value is -1.44. The molecule has 136 valence electrons. The SMILES string of the molecule is CCCC[C@H](NC(=O)CCCCC1SCC2NC(=O)NC21)C(=O)O. The highest BCUT2D eigenvalue weighted by Gasteiger charge is 2.42. The molecule has 3 unspecified atom stereocenters. The number of thioether (sulfide) groups is 1. The van der Waals surface area contributed by atoms with Gasteiger partial charge in [0.15, 0.2) is 0 Å². The summed E-state index contributed by atoms with van der Waals surface area (Å²) in [7, 11) is 0. The summed E-state index contributed by atoms with van der Waals surface area (Å²) in [6, 6.07) is -0.433. The highest BCUT2D eigenvalue weighted by molar-refractivity contribution is 8.00. The second-order valence-corrected chi connectivity index (χ2v) is 7.74. The topological polar surface area (TPSA) is 108 Å². The van der Waals surface area contributed by atoms with Gasteiger partial charge in [-0.15, -0.1) is 0 Å². The van der Waals surface area contributed by atoms with E-state index in [1.54, 1.807) is 0 Å². The van der Waals surface area contributed by atoms with Crippen molar-refractivity contribution in [3.63, 3.8) is 0 Å². The van der Waals surface area contributed by atoms with Crippen LogP contribution in [0.1, 0.15) is 51.9 Å². The van der Waals surface area contributed by atoms with Crippen molar-refractivity contribution in [2.24, 2.45) is 0 Å². The molecule has 4 atom stereocenters. The predicted octanol–water partition coefficient (Wildman–Crippen LogP) is 1.47. The Morgan fingerprint density at radius 3 is 2.83 bits per heavy atom. The molecule has 0 bridgehead atoms. The molecule has 24 heavy (non-hydrogen) atoms. The summed E-state index contributed by atoms with van der Waals surface area (Å²) in [5.41, 5.74) is 0. The number of carboxylic acids is 1. The third-order valence-corrected chi connectivity index (χ3v) is 6.07. The maximum Gasteiger partial charge on any atom is 0.326 e. The highest BCUT2D eigenvalue weighted by Crippen LogP contribution is 2.33. The molecule has 0 saturated carbocycles. The molecule has 2 saturated heterocycles. The van der Waals surface area contributed by atoms with E-state index in [9.17, 15) is 14.4 Å². The number of unbranched alkanes of at least 4 members (excludes halogenated alkanes) is 2. The van der Waals surface area contributed by atoms with Gasteiger partial charge in [-0.3, -0.25) is 4.79 Å². The number of urea groups is 1. The monoisotopic (exact) mass is 357 g/mol. The van der Waals surface area contributed by atoms with Crippen LogP contribution in [0.4, 0.5) is 4.79 Å². The van der Waals surface area contributed by atoms with Crippen LogP contribution in [0, 0.1) is 0 Å². The quantitative estimate of drug-likeness (QED) is 0.350. The Kier molecular flexibility index (Phi) is 7.20. The van der Waals surface area contributed by atoms with Gasteiger partial charge >= 0.3 is 12.0 Å². The first-order valence-electron chi connectivity index (χ1n) is 8.72. The summed E-state index contributed by atoms with van der Waals surface area (Å²) in [4.78, 5) is 34.3. The van der Waals surface area contributed by atoms with E-state index in [0.29, 0.717) is 18.1 Å². The average Bonchev–Trinajstić information content (AvgIpc) is 3.07. The first-order valence-corrected chi connectivity index (χ1v) is 9.77. The Morgan fingerprint density at radius 1 is 1.33 bits per heavy atom. The molecule has 2 rings (SSSR count). The van der Waals surface area contributed by atoms with Gasteiger partial charge in [-0.25, -0.2) is 9.59 Å². The maximum absolute atomic E-state index is 11.9. The average molecular weight is 357 g/mol. The van der Waals surface area contributed by atoms with Crippen molar-refractivity contribution in [1.82, 2.24) is 16.0 Å². The smallest absolute Gasteiger partial charge is 0.326 e. The fourth-order valence-corrected chi connectivity index (χ4v) is 4.75. The van der Waals surface area contributed by atoms with E-state index in [1.807, 2.05) is 18.7 Å². The molecular formula is C16H27N3O4S. The molecule has 0 aromatic carbocycles. The molecule has 2 heterocycles. The van der Waals surface area contributed by atoms with Crippen LogP contribution in [-0.4, -0.2) is 52.1 Å². The third-order valence-electron chi connectivity index (χ3n) is 4.56. The third kappa shape index (κ3) is 5.29. The van der Waals surface area contributed by atoms with Crippen molar-refractivity contribution in [3.05, 3.63) is 0 Å². The van der Waals surface area contributed by atoms with Gasteiger partial charge in [-0.1, -0.05) is 26.2 Å². The number of fused-ring (bicyclic) bond motifs is 1. The molecular weight excluding hydrogens is 330 g/mol. The van der Waals surface area contributed by atoms with Crippen LogP contribution in [0.2, 0.25) is 0 Å². The van der Waals surface area contributed by atoms with Crippen LogP contribution >= 0.6 is 11.8 Å². The number of aliphatic carboxylic acids is 1. The molecule has 7 nitrogen and oxygen atoms in total. The maximum atomic E-state index is 11.9. The van der Waals surface area contributed by atoms with Crippen LogP contribution in [-0.2, 0) is 9.59 Å². The van der Waals surface area contributed by atoms with E-state index >= 15 is 0 Å². The van der Waals surface area contributed by atoms with Crippen molar-refractivity contribution in [3.8, 4) is 0 Å². The van der Waals surface area contributed by atoms with Crippen LogP contribution in [0.25, 0.3) is 0 Å². The lowest BCUT2D eigenvalue weighted by Gasteiger charge is -2.17. The number of carbonyl (C=O) groups excluding carboxylic acids is 2. The Morgan fingerprint density at radius 2 is 2.12 bits per heavy atom. The summed E-state index contributed by atoms with van der Waals surface area (Å²) in [5, 5.41) is 18.0. The van der Waals surface area contributed by atoms with Crippen molar-refractivity contribution in [2.75, 3.05) is 5.75 Å². The zero-order valence-corrected chi connectivity index (χ0v) is 14.9. The van der Waals surface area contributed by atoms with Gasteiger partial charge in [0.1, 0.15) is 6.04 Å². The second-order valence-electron chi connectivity index (χ2n) is 6.47. The lowest BCUT2D eigenvalue weighted by molar-refractivity contribution is -0.142. The number of amides is 3. The summed E-state index contributed by atoms with van der Waals surface area (Å²) >= 11 is 1.86. The van der Waals surface area contributed by atoms with E-state index < -0.39 is 12.0 Å². The molecule has 0 aromatic heterocycles. The molecule has 2 aliphatic rings. The molecule has 0 radical (unpaired) electrons. The zero-order chi connectivity index (χ0) is 17.5. The van der Waals surface area contributed by atoms with Gasteiger partial charge in [0.05, 0.1) is 12.1 Å². The molecule has 4 N–H and O–H groups in total. The molecule has 2 fully saturated rings. The molecule has 3 amide bonds. The normalized spacial score (nSPS) is 26.4. The van der Waals surface area contributed by atoms with Crippen molar-refractivity contribution in [2.45, 2.75) is 75.2 Å². The number of carbonyl (C=O) groups is 3. The summed E-state index contributed by atoms with van der Waals surface area (Å²) in [5.74, 6) is -0.215. The van der Waals surface area contributed by atoms with Gasteiger partial charge in [-0.05, 0) is 19.3 Å². The number of rotatable bonds is 10. The van der Waals surface area contributed by atoms with Gasteiger partial charge in [-0.2, -0.15) is 11.8 Å². The summed E-state index contributed by atoms with van der Waals surface area (Å²) < 4.78 is 0. The van der Waals surface area contributed by atoms with E-state index in [0.717, 1.165) is 37.9 Å². The molecule has 0 aliphatic carbocycles. The first-order chi connectivity index (χ1) is 11.5. The van der Waals surface area contributed by atoms with Crippen LogP contribution in [0.15, 0.2) is 0 Å². The second kappa shape index (κ2) is 9.15. The Labute approximate surface area is 146 Å². The van der Waals surface area contributed by atoms with Crippen molar-refractivity contribution < 1.29 is 19.5 Å². The van der Waals surface area contributed by atoms with Crippen LogP contribution in [0.5, 0.6) is 0 Å². The highest BCUT2D eigenvalue weighted by atomic mass is 32.2. The number of nitrogens with one attached hydrogen (secondary N) is 3. The van der Waals surface area contributed by atoms with Crippen molar-refractivity contribution in [1.29, 1.82) is 0 Å². The fourth-order valence-electron chi connectivity index (χ4n) is 3.21. The van der Waals surface area contributed by atoms with Gasteiger partial charge in [0.25, 0.3) is 0 Å². The minimum atomic E-state index is -0.963. The Bertz CT molecular complexity index is 474. The van der Waals surface area contributed by atoms with E-state index in [2.05, 4.69) is 16.0 Å². The summed E-state index contributed by atoms with van der Waals surface area (Å²) in [6.07, 6.45) is 5.13. The van der Waals surface area contributed by atoms with Gasteiger partial charge in [0.2, 0.25) is 5.91 Å². The number of carboxylic acid groups (broad SMARTS) is 1. The molecule has 0 spiro atoms. The van der Waals surface area contributed by atoms with Crippen LogP contribution < -0.4 is 16.0 Å². The molecule has 2 aliphatic heterocycles. The molecule has 8 heteroatoms. The van der Waals surface area contributed by atoms with Crippen molar-refractivity contribution >= 4 is 29.7 Å². The number of hydrogen-bond donors (Lipinski definition) is 4. The van der Waals surface area contributed by atoms with E-state index in [1.165, 1.54) is 0 Å². The predicted molar refractivity (Wildman–Crippen MR) is 93.0 cm³/mol. The van der Waals surface area contributed by atoms with Gasteiger partial charge in [0, 0.05) is 17.4 Å². The number of hydrogen-bond acceptors (Lipinski definition) is 4. The fraction of sp³-hybridized carbons (Fsp3) is 0.812. The standard InChI is InChI=1S/C16H27N3O4S/c1-2-3-6-10(15(21)22)17-13(20)8-5-4-7-12-14-11(9-24-12)18-16(23)19-14/h10-12,14H,2-9H2,1H3,(H,17,20)(H,21,22)(H2,18,19,23)/t10-,11?,12?,14?/m0/s1. The minimum Gasteiger partial charge on any atom is -0.480 e. The Balaban J connectivity index is 1.62. The van der Waals surface area contributed by atoms with Gasteiger partial charge < -0.3 is 21.1 Å². The lowest BCUT2D eigenvalue weighted by atomic mass is 10.0. The first kappa shape index (κ1) is 18.9. The van der Waals surface area contributed by atoms with E-state index in [4.69, 9.17) is 5.11 Å².